The molecular weight excluding hydrogens is 239 g/mol. The predicted octanol–water partition coefficient (Wildman–Crippen LogP) is 1.87. The highest BCUT2D eigenvalue weighted by molar-refractivity contribution is 7.98. The summed E-state index contributed by atoms with van der Waals surface area (Å²) in [5.74, 6) is 0.141. The number of carbonyl (C=O) groups is 1. The first-order chi connectivity index (χ1) is 8.07. The monoisotopic (exact) mass is 256 g/mol. The maximum Gasteiger partial charge on any atom is 0.243 e. The van der Waals surface area contributed by atoms with Crippen molar-refractivity contribution in [2.24, 2.45) is 5.73 Å². The number of hydrogen-bond donors (Lipinski definition) is 1. The first kappa shape index (κ1) is 14.0. The lowest BCUT2D eigenvalue weighted by Gasteiger charge is -2.21. The van der Waals surface area contributed by atoms with Crippen molar-refractivity contribution in [1.82, 2.24) is 0 Å². The Hall–Kier alpha value is -1.07. The fourth-order valence-corrected chi connectivity index (χ4v) is 1.95. The minimum atomic E-state index is -0.577. The third-order valence-electron chi connectivity index (χ3n) is 2.49. The van der Waals surface area contributed by atoms with E-state index in [2.05, 4.69) is 0 Å². The Bertz CT molecular complexity index is 387. The lowest BCUT2D eigenvalue weighted by atomic mass is 10.2. The average molecular weight is 256 g/mol. The first-order valence-corrected chi connectivity index (χ1v) is 6.74. The number of para-hydroxylation sites is 1. The van der Waals surface area contributed by atoms with Gasteiger partial charge in [0, 0.05) is 7.05 Å². The van der Waals surface area contributed by atoms with Gasteiger partial charge in [0.25, 0.3) is 0 Å². The van der Waals surface area contributed by atoms with Gasteiger partial charge in [0.1, 0.15) is 5.82 Å². The standard InChI is InChI=1S/C12H17FN2OS/c1-15(11-6-4-3-5-9(11)13)12(16)10(14)7-8-17-2/h3-6,10H,7-8,14H2,1-2H3/t10-/m0/s1. The van der Waals surface area contributed by atoms with Gasteiger partial charge >= 0.3 is 0 Å². The number of halogens is 1. The molecule has 0 aliphatic carbocycles. The maximum absolute atomic E-state index is 13.5. The van der Waals surface area contributed by atoms with E-state index in [-0.39, 0.29) is 11.6 Å². The molecular formula is C12H17FN2OS. The van der Waals surface area contributed by atoms with Gasteiger partial charge in [-0.1, -0.05) is 12.1 Å². The highest BCUT2D eigenvalue weighted by atomic mass is 32.2. The van der Waals surface area contributed by atoms with Crippen LogP contribution in [0.15, 0.2) is 24.3 Å². The van der Waals surface area contributed by atoms with Crippen molar-refractivity contribution in [3.63, 3.8) is 0 Å². The Morgan fingerprint density at radius 1 is 1.53 bits per heavy atom. The van der Waals surface area contributed by atoms with Gasteiger partial charge in [-0.2, -0.15) is 11.8 Å². The quantitative estimate of drug-likeness (QED) is 0.875. The molecule has 17 heavy (non-hydrogen) atoms. The van der Waals surface area contributed by atoms with E-state index in [0.29, 0.717) is 6.42 Å². The Kier molecular flexibility index (Phi) is 5.44. The SMILES string of the molecule is CSCC[C@H](N)C(=O)N(C)c1ccccc1F. The van der Waals surface area contributed by atoms with Gasteiger partial charge in [-0.15, -0.1) is 0 Å². The summed E-state index contributed by atoms with van der Waals surface area (Å²) in [6.45, 7) is 0. The van der Waals surface area contributed by atoms with Crippen LogP contribution in [0.3, 0.4) is 0 Å². The Morgan fingerprint density at radius 2 is 2.18 bits per heavy atom. The van der Waals surface area contributed by atoms with Gasteiger partial charge in [-0.25, -0.2) is 4.39 Å². The van der Waals surface area contributed by atoms with Gasteiger partial charge in [-0.05, 0) is 30.6 Å². The molecule has 0 unspecified atom stereocenters. The second-order valence-electron chi connectivity index (χ2n) is 3.74. The molecule has 0 saturated heterocycles. The van der Waals surface area contributed by atoms with E-state index in [1.807, 2.05) is 6.26 Å². The van der Waals surface area contributed by atoms with Gasteiger partial charge < -0.3 is 10.6 Å². The number of anilines is 1. The Labute approximate surface area is 105 Å². The maximum atomic E-state index is 13.5. The van der Waals surface area contributed by atoms with Crippen LogP contribution in [0.25, 0.3) is 0 Å². The van der Waals surface area contributed by atoms with Crippen LogP contribution in [-0.2, 0) is 4.79 Å². The summed E-state index contributed by atoms with van der Waals surface area (Å²) in [5, 5.41) is 0. The van der Waals surface area contributed by atoms with Crippen LogP contribution in [0.2, 0.25) is 0 Å². The van der Waals surface area contributed by atoms with Crippen LogP contribution in [0.4, 0.5) is 10.1 Å². The van der Waals surface area contributed by atoms with E-state index in [1.54, 1.807) is 37.0 Å². The zero-order chi connectivity index (χ0) is 12.8. The Balaban J connectivity index is 2.73. The summed E-state index contributed by atoms with van der Waals surface area (Å²) in [6, 6.07) is 5.59. The predicted molar refractivity (Wildman–Crippen MR) is 70.8 cm³/mol. The molecule has 0 radical (unpaired) electrons. The first-order valence-electron chi connectivity index (χ1n) is 5.34. The number of carbonyl (C=O) groups excluding carboxylic acids is 1. The Morgan fingerprint density at radius 3 is 2.76 bits per heavy atom. The highest BCUT2D eigenvalue weighted by Crippen LogP contribution is 2.18. The largest absolute Gasteiger partial charge is 0.320 e. The van der Waals surface area contributed by atoms with Crippen molar-refractivity contribution >= 4 is 23.4 Å². The molecule has 0 bridgehead atoms. The molecule has 94 valence electrons. The summed E-state index contributed by atoms with van der Waals surface area (Å²) in [7, 11) is 1.54. The summed E-state index contributed by atoms with van der Waals surface area (Å²) in [6.07, 6.45) is 2.55. The van der Waals surface area contributed by atoms with Crippen molar-refractivity contribution in [3.8, 4) is 0 Å². The van der Waals surface area contributed by atoms with Crippen LogP contribution in [-0.4, -0.2) is 31.0 Å². The number of nitrogens with zero attached hydrogens (tertiary/aromatic N) is 1. The molecule has 0 aliphatic rings. The zero-order valence-electron chi connectivity index (χ0n) is 10.0. The molecule has 0 heterocycles. The molecule has 3 nitrogen and oxygen atoms in total. The van der Waals surface area contributed by atoms with Gasteiger partial charge in [0.05, 0.1) is 11.7 Å². The van der Waals surface area contributed by atoms with Crippen LogP contribution in [0.1, 0.15) is 6.42 Å². The zero-order valence-corrected chi connectivity index (χ0v) is 10.8. The van der Waals surface area contributed by atoms with E-state index in [0.717, 1.165) is 5.75 Å². The fourth-order valence-electron chi connectivity index (χ4n) is 1.46. The summed E-state index contributed by atoms with van der Waals surface area (Å²) < 4.78 is 13.5. The van der Waals surface area contributed by atoms with Crippen molar-refractivity contribution in [1.29, 1.82) is 0 Å². The summed E-state index contributed by atoms with van der Waals surface area (Å²) >= 11 is 1.63. The molecule has 1 aromatic rings. The molecule has 1 amide bonds. The molecule has 1 aromatic carbocycles. The van der Waals surface area contributed by atoms with Crippen LogP contribution in [0.5, 0.6) is 0 Å². The van der Waals surface area contributed by atoms with E-state index < -0.39 is 11.9 Å². The van der Waals surface area contributed by atoms with Gasteiger partial charge in [0.15, 0.2) is 0 Å². The molecule has 0 saturated carbocycles. The molecule has 0 aliphatic heterocycles. The number of thioether (sulfide) groups is 1. The summed E-state index contributed by atoms with van der Waals surface area (Å²) in [4.78, 5) is 13.2. The van der Waals surface area contributed by atoms with E-state index in [4.69, 9.17) is 5.73 Å². The number of likely N-dealkylation sites (N-methyl/N-ethyl adjacent to an activating group) is 1. The minimum absolute atomic E-state index is 0.260. The van der Waals surface area contributed by atoms with Crippen molar-refractivity contribution in [3.05, 3.63) is 30.1 Å². The van der Waals surface area contributed by atoms with Crippen molar-refractivity contribution in [2.45, 2.75) is 12.5 Å². The van der Waals surface area contributed by atoms with Gasteiger partial charge in [0.2, 0.25) is 5.91 Å². The van der Waals surface area contributed by atoms with Crippen molar-refractivity contribution < 1.29 is 9.18 Å². The minimum Gasteiger partial charge on any atom is -0.320 e. The fraction of sp³-hybridized carbons (Fsp3) is 0.417. The second-order valence-corrected chi connectivity index (χ2v) is 4.72. The molecule has 2 N–H and O–H groups in total. The third-order valence-corrected chi connectivity index (χ3v) is 3.14. The molecule has 0 spiro atoms. The second kappa shape index (κ2) is 6.61. The summed E-state index contributed by atoms with van der Waals surface area (Å²) in [5.41, 5.74) is 6.03. The number of benzene rings is 1. The number of nitrogens with two attached hydrogens (primary N) is 1. The molecule has 5 heteroatoms. The number of hydrogen-bond acceptors (Lipinski definition) is 3. The van der Waals surface area contributed by atoms with Gasteiger partial charge in [-0.3, -0.25) is 4.79 Å². The number of rotatable bonds is 5. The third kappa shape index (κ3) is 3.71. The average Bonchev–Trinajstić information content (AvgIpc) is 2.34. The van der Waals surface area contributed by atoms with Crippen molar-refractivity contribution in [2.75, 3.05) is 24.0 Å². The molecule has 1 rings (SSSR count). The lowest BCUT2D eigenvalue weighted by molar-refractivity contribution is -0.119. The van der Waals surface area contributed by atoms with Crippen LogP contribution < -0.4 is 10.6 Å². The molecule has 0 aromatic heterocycles. The molecule has 0 fully saturated rings. The normalized spacial score (nSPS) is 12.2. The molecule has 1 atom stereocenters. The van der Waals surface area contributed by atoms with E-state index in [1.165, 1.54) is 11.0 Å². The van der Waals surface area contributed by atoms with Crippen LogP contribution >= 0.6 is 11.8 Å². The highest BCUT2D eigenvalue weighted by Gasteiger charge is 2.20. The van der Waals surface area contributed by atoms with E-state index >= 15 is 0 Å². The van der Waals surface area contributed by atoms with E-state index in [9.17, 15) is 9.18 Å². The smallest absolute Gasteiger partial charge is 0.243 e. The topological polar surface area (TPSA) is 46.3 Å². The van der Waals surface area contributed by atoms with Crippen LogP contribution in [0, 0.1) is 5.82 Å². The lowest BCUT2D eigenvalue weighted by Crippen LogP contribution is -2.42. The number of amides is 1.